The first kappa shape index (κ1) is 72.3. The van der Waals surface area contributed by atoms with Crippen molar-refractivity contribution in [3.05, 3.63) is 36.5 Å². The smallest absolute Gasteiger partial charge is 0.220 e. The van der Waals surface area contributed by atoms with E-state index in [2.05, 4.69) is 43.5 Å². The molecule has 3 fully saturated rings. The Bertz CT molecular complexity index is 1600. The van der Waals surface area contributed by atoms with Gasteiger partial charge in [-0.3, -0.25) is 4.79 Å². The molecule has 3 rings (SSSR count). The van der Waals surface area contributed by atoms with Crippen molar-refractivity contribution in [1.29, 1.82) is 0 Å². The summed E-state index contributed by atoms with van der Waals surface area (Å²) < 4.78 is 34.2. The second-order valence-corrected chi connectivity index (χ2v) is 22.5. The van der Waals surface area contributed by atoms with Crippen LogP contribution in [0.1, 0.15) is 213 Å². The van der Waals surface area contributed by atoms with E-state index in [9.17, 15) is 61.0 Å². The summed E-state index contributed by atoms with van der Waals surface area (Å²) in [7, 11) is 0. The van der Waals surface area contributed by atoms with Gasteiger partial charge >= 0.3 is 0 Å². The molecule has 0 spiro atoms. The van der Waals surface area contributed by atoms with Gasteiger partial charge in [0.1, 0.15) is 73.2 Å². The number of rotatable bonds is 46. The molecular formula is C61H111NO18. The third-order valence-corrected chi connectivity index (χ3v) is 15.7. The molecule has 80 heavy (non-hydrogen) atoms. The van der Waals surface area contributed by atoms with E-state index >= 15 is 0 Å². The second-order valence-electron chi connectivity index (χ2n) is 22.5. The molecule has 3 aliphatic heterocycles. The van der Waals surface area contributed by atoms with Gasteiger partial charge in [-0.2, -0.15) is 0 Å². The molecule has 19 nitrogen and oxygen atoms in total. The highest BCUT2D eigenvalue weighted by molar-refractivity contribution is 5.76. The molecule has 0 aromatic carbocycles. The summed E-state index contributed by atoms with van der Waals surface area (Å²) in [6.45, 7) is 1.57. The van der Waals surface area contributed by atoms with E-state index in [1.807, 2.05) is 6.08 Å². The Morgan fingerprint density at radius 3 is 1.24 bits per heavy atom. The first-order valence-corrected chi connectivity index (χ1v) is 31.2. The van der Waals surface area contributed by atoms with E-state index in [1.54, 1.807) is 6.08 Å². The fourth-order valence-corrected chi connectivity index (χ4v) is 10.6. The summed E-state index contributed by atoms with van der Waals surface area (Å²) in [4.78, 5) is 13.3. The summed E-state index contributed by atoms with van der Waals surface area (Å²) in [5.74, 6) is -0.290. The minimum absolute atomic E-state index is 0.235. The molecule has 19 heteroatoms. The minimum atomic E-state index is -1.98. The lowest BCUT2D eigenvalue weighted by Crippen LogP contribution is -2.66. The molecule has 3 saturated heterocycles. The maximum Gasteiger partial charge on any atom is 0.220 e. The van der Waals surface area contributed by atoms with E-state index in [4.69, 9.17) is 28.4 Å². The van der Waals surface area contributed by atoms with E-state index < -0.39 is 124 Å². The van der Waals surface area contributed by atoms with Gasteiger partial charge in [0.25, 0.3) is 0 Å². The summed E-state index contributed by atoms with van der Waals surface area (Å²) in [5, 5.41) is 120. The van der Waals surface area contributed by atoms with Crippen LogP contribution < -0.4 is 5.32 Å². The maximum atomic E-state index is 13.3. The summed E-state index contributed by atoms with van der Waals surface area (Å²) in [6.07, 6.45) is 21.7. The standard InChI is InChI=1S/C61H111NO18/c1-3-5-7-9-11-13-15-16-17-18-19-20-21-22-23-24-25-26-27-28-29-31-33-35-37-39-49(67)62-44(45(66)38-36-34-32-30-14-12-10-8-6-4-2)43-75-59-55(73)52(70)57(47(41-64)77-59)80-61-56(74)53(71)58(48(42-65)78-61)79-60-54(72)51(69)50(68)46(40-63)76-60/h6,8,14,30,36,38,44-48,50-61,63-66,68-74H,3-5,7,9-13,15-29,31-35,37,39-43H2,1-2H3,(H,62,67)/b8-6+,30-14+,38-36+. The van der Waals surface area contributed by atoms with Gasteiger partial charge in [0.05, 0.1) is 38.6 Å². The Balaban J connectivity index is 1.42. The van der Waals surface area contributed by atoms with Crippen LogP contribution in [0.4, 0.5) is 0 Å². The maximum absolute atomic E-state index is 13.3. The van der Waals surface area contributed by atoms with Crippen LogP contribution in [0, 0.1) is 0 Å². The Hall–Kier alpha value is -1.99. The Kier molecular flexibility index (Phi) is 40.2. The normalized spacial score (nSPS) is 30.2. The van der Waals surface area contributed by atoms with Gasteiger partial charge in [-0.05, 0) is 38.5 Å². The molecule has 0 aromatic rings. The fourth-order valence-electron chi connectivity index (χ4n) is 10.6. The number of aliphatic hydroxyl groups excluding tert-OH is 11. The van der Waals surface area contributed by atoms with Crippen molar-refractivity contribution < 1.29 is 89.4 Å². The van der Waals surface area contributed by atoms with Crippen molar-refractivity contribution in [2.75, 3.05) is 26.4 Å². The van der Waals surface area contributed by atoms with Crippen LogP contribution in [0.15, 0.2) is 36.5 Å². The number of allylic oxidation sites excluding steroid dienone is 5. The van der Waals surface area contributed by atoms with Crippen molar-refractivity contribution in [3.63, 3.8) is 0 Å². The van der Waals surface area contributed by atoms with Crippen LogP contribution in [0.3, 0.4) is 0 Å². The zero-order chi connectivity index (χ0) is 58.3. The quantitative estimate of drug-likeness (QED) is 0.0242. The van der Waals surface area contributed by atoms with Crippen LogP contribution >= 0.6 is 0 Å². The number of carbonyl (C=O) groups is 1. The highest BCUT2D eigenvalue weighted by atomic mass is 16.8. The second kappa shape index (κ2) is 44.5. The Labute approximate surface area is 479 Å². The molecule has 3 aliphatic rings. The average Bonchev–Trinajstić information content (AvgIpc) is 3.45. The number of amides is 1. The van der Waals surface area contributed by atoms with Crippen molar-refractivity contribution in [3.8, 4) is 0 Å². The molecule has 468 valence electrons. The molecule has 12 N–H and O–H groups in total. The number of nitrogens with one attached hydrogen (secondary N) is 1. The average molecular weight is 1150 g/mol. The molecule has 0 saturated carbocycles. The fraction of sp³-hybridized carbons (Fsp3) is 0.885. The van der Waals surface area contributed by atoms with Crippen LogP contribution in [0.5, 0.6) is 0 Å². The van der Waals surface area contributed by atoms with Crippen molar-refractivity contribution >= 4 is 5.91 Å². The van der Waals surface area contributed by atoms with E-state index in [0.717, 1.165) is 44.9 Å². The largest absolute Gasteiger partial charge is 0.394 e. The predicted octanol–water partition coefficient (Wildman–Crippen LogP) is 6.10. The number of ether oxygens (including phenoxy) is 6. The van der Waals surface area contributed by atoms with E-state index in [1.165, 1.54) is 135 Å². The number of hydrogen-bond acceptors (Lipinski definition) is 18. The third-order valence-electron chi connectivity index (χ3n) is 15.7. The number of aliphatic hydroxyl groups is 11. The summed E-state index contributed by atoms with van der Waals surface area (Å²) >= 11 is 0. The number of carbonyl (C=O) groups excluding carboxylic acids is 1. The van der Waals surface area contributed by atoms with Gasteiger partial charge < -0.3 is 89.9 Å². The van der Waals surface area contributed by atoms with Crippen LogP contribution in [0.2, 0.25) is 0 Å². The number of unbranched alkanes of at least 4 members (excludes halogenated alkanes) is 26. The van der Waals surface area contributed by atoms with Crippen molar-refractivity contribution in [2.45, 2.75) is 317 Å². The molecule has 0 aromatic heterocycles. The van der Waals surface area contributed by atoms with E-state index in [0.29, 0.717) is 12.8 Å². The topological polar surface area (TPSA) is 307 Å². The Morgan fingerprint density at radius 2 is 0.812 bits per heavy atom. The lowest BCUT2D eigenvalue weighted by atomic mass is 9.96. The molecule has 3 heterocycles. The zero-order valence-electron chi connectivity index (χ0n) is 48.8. The Morgan fingerprint density at radius 1 is 0.450 bits per heavy atom. The summed E-state index contributed by atoms with van der Waals surface area (Å²) in [6, 6.07) is -0.991. The van der Waals surface area contributed by atoms with Gasteiger partial charge in [-0.1, -0.05) is 204 Å². The van der Waals surface area contributed by atoms with Crippen molar-refractivity contribution in [2.24, 2.45) is 0 Å². The minimum Gasteiger partial charge on any atom is -0.394 e. The van der Waals surface area contributed by atoms with Gasteiger partial charge in [0.15, 0.2) is 18.9 Å². The first-order valence-electron chi connectivity index (χ1n) is 31.2. The lowest BCUT2D eigenvalue weighted by molar-refractivity contribution is -0.379. The van der Waals surface area contributed by atoms with Gasteiger partial charge in [0.2, 0.25) is 5.91 Å². The van der Waals surface area contributed by atoms with Gasteiger partial charge in [-0.15, -0.1) is 0 Å². The highest BCUT2D eigenvalue weighted by Gasteiger charge is 2.53. The molecule has 0 radical (unpaired) electrons. The molecule has 17 atom stereocenters. The van der Waals surface area contributed by atoms with Gasteiger partial charge in [0, 0.05) is 6.42 Å². The third kappa shape index (κ3) is 27.8. The van der Waals surface area contributed by atoms with Crippen LogP contribution in [-0.2, 0) is 33.2 Å². The predicted molar refractivity (Wildman–Crippen MR) is 305 cm³/mol. The van der Waals surface area contributed by atoms with Crippen molar-refractivity contribution in [1.82, 2.24) is 5.32 Å². The highest BCUT2D eigenvalue weighted by Crippen LogP contribution is 2.33. The SMILES string of the molecule is CC/C=C/CC/C=C/CC/C=C/C(O)C(COC1OC(CO)C(OC2OC(CO)C(OC3OC(CO)C(O)C(O)C3O)C(O)C2O)C(O)C1O)NC(=O)CCCCCCCCCCCCCCCCCCCCCCCCCCC. The molecule has 1 amide bonds. The van der Waals surface area contributed by atoms with E-state index in [-0.39, 0.29) is 18.9 Å². The lowest BCUT2D eigenvalue weighted by Gasteiger charge is -2.48. The molecule has 17 unspecified atom stereocenters. The van der Waals surface area contributed by atoms with Gasteiger partial charge in [-0.25, -0.2) is 0 Å². The molecular weight excluding hydrogens is 1030 g/mol. The zero-order valence-corrected chi connectivity index (χ0v) is 48.8. The monoisotopic (exact) mass is 1150 g/mol. The number of hydrogen-bond donors (Lipinski definition) is 12. The first-order chi connectivity index (χ1) is 38.8. The van der Waals surface area contributed by atoms with Crippen LogP contribution in [0.25, 0.3) is 0 Å². The molecule has 0 aliphatic carbocycles. The summed E-state index contributed by atoms with van der Waals surface area (Å²) in [5.41, 5.74) is 0. The molecule has 0 bridgehead atoms. The van der Waals surface area contributed by atoms with Crippen LogP contribution in [-0.4, -0.2) is 193 Å².